The summed E-state index contributed by atoms with van der Waals surface area (Å²) in [5.41, 5.74) is 11.6. The third-order valence-corrected chi connectivity index (χ3v) is 8.10. The van der Waals surface area contributed by atoms with Gasteiger partial charge in [0, 0.05) is 29.8 Å². The van der Waals surface area contributed by atoms with Gasteiger partial charge in [-0.3, -0.25) is 0 Å². The predicted molar refractivity (Wildman–Crippen MR) is 121 cm³/mol. The molecule has 2 aromatic rings. The molecule has 0 unspecified atom stereocenters. The molecule has 0 atom stereocenters. The molecule has 0 saturated heterocycles. The Balaban J connectivity index is 1.88. The largest absolute Gasteiger partial charge is 0.446 e. The zero-order chi connectivity index (χ0) is 22.8. The minimum Gasteiger partial charge on any atom is -0.446 e. The van der Waals surface area contributed by atoms with Crippen LogP contribution in [0.4, 0.5) is 4.79 Å². The van der Waals surface area contributed by atoms with E-state index in [2.05, 4.69) is 9.71 Å². The van der Waals surface area contributed by atoms with Crippen molar-refractivity contribution in [1.82, 2.24) is 9.71 Å². The lowest BCUT2D eigenvalue weighted by atomic mass is 9.88. The highest BCUT2D eigenvalue weighted by molar-refractivity contribution is 7.89. The van der Waals surface area contributed by atoms with Gasteiger partial charge in [-0.05, 0) is 58.1 Å². The average Bonchev–Trinajstić information content (AvgIpc) is 3.16. The number of ether oxygens (including phenoxy) is 1. The Kier molecular flexibility index (Phi) is 7.04. The maximum absolute atomic E-state index is 13.1. The van der Waals surface area contributed by atoms with E-state index in [9.17, 15) is 13.2 Å². The van der Waals surface area contributed by atoms with Crippen molar-refractivity contribution < 1.29 is 17.9 Å². The quantitative estimate of drug-likeness (QED) is 0.596. The zero-order valence-corrected chi connectivity index (χ0v) is 19.7. The van der Waals surface area contributed by atoms with Crippen LogP contribution in [0.3, 0.4) is 0 Å². The first-order valence-electron chi connectivity index (χ1n) is 10.3. The molecule has 0 bridgehead atoms. The minimum absolute atomic E-state index is 0.141. The van der Waals surface area contributed by atoms with Gasteiger partial charge in [-0.2, -0.15) is 0 Å². The summed E-state index contributed by atoms with van der Waals surface area (Å²) in [6.45, 7) is 5.67. The molecule has 1 aromatic heterocycles. The summed E-state index contributed by atoms with van der Waals surface area (Å²) in [7, 11) is -3.75. The van der Waals surface area contributed by atoms with E-state index in [1.165, 1.54) is 11.3 Å². The first-order valence-corrected chi connectivity index (χ1v) is 12.6. The van der Waals surface area contributed by atoms with Crippen molar-refractivity contribution in [3.8, 4) is 10.4 Å². The Morgan fingerprint density at radius 1 is 1.26 bits per heavy atom. The number of sulfonamides is 1. The highest BCUT2D eigenvalue weighted by Gasteiger charge is 2.29. The predicted octanol–water partition coefficient (Wildman–Crippen LogP) is 3.47. The second-order valence-electron chi connectivity index (χ2n) is 8.86. The first kappa shape index (κ1) is 23.6. The number of thiazole rings is 1. The molecule has 0 spiro atoms. The van der Waals surface area contributed by atoms with Gasteiger partial charge in [0.25, 0.3) is 0 Å². The molecule has 8 nitrogen and oxygen atoms in total. The number of benzene rings is 1. The van der Waals surface area contributed by atoms with Crippen LogP contribution in [0.5, 0.6) is 0 Å². The van der Waals surface area contributed by atoms with Gasteiger partial charge in [0.1, 0.15) is 6.10 Å². The van der Waals surface area contributed by atoms with Crippen LogP contribution in [0, 0.1) is 0 Å². The van der Waals surface area contributed by atoms with Gasteiger partial charge < -0.3 is 16.2 Å². The van der Waals surface area contributed by atoms with Crippen molar-refractivity contribution >= 4 is 27.5 Å². The number of carbonyl (C=O) groups is 1. The highest BCUT2D eigenvalue weighted by atomic mass is 32.2. The van der Waals surface area contributed by atoms with Gasteiger partial charge in [0.2, 0.25) is 10.0 Å². The topological polar surface area (TPSA) is 137 Å². The number of hydrogen-bond donors (Lipinski definition) is 3. The maximum Gasteiger partial charge on any atom is 0.404 e. The molecule has 1 amide bonds. The molecular formula is C21H30N4O4S2. The average molecular weight is 467 g/mol. The van der Waals surface area contributed by atoms with Crippen molar-refractivity contribution in [2.75, 3.05) is 0 Å². The van der Waals surface area contributed by atoms with Crippen molar-refractivity contribution in [2.24, 2.45) is 11.5 Å². The Labute approximate surface area is 187 Å². The molecule has 1 aliphatic carbocycles. The summed E-state index contributed by atoms with van der Waals surface area (Å²) in [4.78, 5) is 16.5. The monoisotopic (exact) mass is 466 g/mol. The summed E-state index contributed by atoms with van der Waals surface area (Å²) < 4.78 is 34.1. The summed E-state index contributed by atoms with van der Waals surface area (Å²) in [6, 6.07) is 5.28. The van der Waals surface area contributed by atoms with Crippen LogP contribution in [0.25, 0.3) is 10.4 Å². The summed E-state index contributed by atoms with van der Waals surface area (Å²) in [5, 5.41) is 0.961. The fraction of sp³-hybridized carbons (Fsp3) is 0.524. The fourth-order valence-electron chi connectivity index (χ4n) is 3.77. The molecule has 3 rings (SSSR count). The van der Waals surface area contributed by atoms with Crippen molar-refractivity contribution in [3.63, 3.8) is 0 Å². The van der Waals surface area contributed by atoms with Crippen LogP contribution in [-0.4, -0.2) is 31.1 Å². The number of nitrogens with one attached hydrogen (secondary N) is 1. The molecular weight excluding hydrogens is 436 g/mol. The standard InChI is InChI=1S/C21H30N4O4S2/c1-21(2,3)25-31(27,28)18-10-13(11-22)4-9-16(18)17-12-24-19(30-17)14-5-7-15(8-6-14)29-20(23)26/h4,9-10,12,14-15,25H,5-8,11,22H2,1-3H3,(H2,23,26)/t14-,15-. The molecule has 5 N–H and O–H groups in total. The number of rotatable bonds is 6. The smallest absolute Gasteiger partial charge is 0.404 e. The van der Waals surface area contributed by atoms with E-state index >= 15 is 0 Å². The first-order chi connectivity index (χ1) is 14.5. The third kappa shape index (κ3) is 6.03. The van der Waals surface area contributed by atoms with Crippen LogP contribution in [-0.2, 0) is 21.3 Å². The van der Waals surface area contributed by atoms with Gasteiger partial charge in [-0.15, -0.1) is 11.3 Å². The lowest BCUT2D eigenvalue weighted by Gasteiger charge is -2.26. The van der Waals surface area contributed by atoms with Gasteiger partial charge in [0.15, 0.2) is 0 Å². The second kappa shape index (κ2) is 9.23. The number of nitrogens with two attached hydrogens (primary N) is 2. The van der Waals surface area contributed by atoms with Crippen LogP contribution in [0.15, 0.2) is 29.3 Å². The van der Waals surface area contributed by atoms with Gasteiger partial charge in [-0.25, -0.2) is 22.9 Å². The molecule has 1 aliphatic rings. The summed E-state index contributed by atoms with van der Waals surface area (Å²) in [6.07, 6.45) is 4.02. The van der Waals surface area contributed by atoms with Gasteiger partial charge in [0.05, 0.1) is 14.8 Å². The Morgan fingerprint density at radius 3 is 2.52 bits per heavy atom. The van der Waals surface area contributed by atoms with Crippen LogP contribution < -0.4 is 16.2 Å². The molecule has 0 radical (unpaired) electrons. The van der Waals surface area contributed by atoms with Crippen LogP contribution >= 0.6 is 11.3 Å². The van der Waals surface area contributed by atoms with E-state index in [0.717, 1.165) is 41.1 Å². The number of primary amides is 1. The fourth-order valence-corrected chi connectivity index (χ4v) is 6.65. The Hall–Kier alpha value is -2.01. The number of aromatic nitrogens is 1. The molecule has 1 aromatic carbocycles. The third-order valence-electron chi connectivity index (χ3n) is 5.11. The van der Waals surface area contributed by atoms with E-state index < -0.39 is 21.7 Å². The minimum atomic E-state index is -3.75. The normalized spacial score (nSPS) is 19.9. The molecule has 1 heterocycles. The van der Waals surface area contributed by atoms with E-state index in [1.54, 1.807) is 39.1 Å². The lowest BCUT2D eigenvalue weighted by Crippen LogP contribution is -2.40. The SMILES string of the molecule is CC(C)(C)NS(=O)(=O)c1cc(CN)ccc1-c1cnc([C@H]2CC[C@H](OC(N)=O)CC2)s1. The van der Waals surface area contributed by atoms with E-state index in [0.29, 0.717) is 5.56 Å². The lowest BCUT2D eigenvalue weighted by molar-refractivity contribution is 0.0787. The number of nitrogens with zero attached hydrogens (tertiary/aromatic N) is 1. The van der Waals surface area contributed by atoms with E-state index in [1.807, 2.05) is 6.07 Å². The second-order valence-corrected chi connectivity index (χ2v) is 11.6. The van der Waals surface area contributed by atoms with Crippen LogP contribution in [0.1, 0.15) is 62.9 Å². The number of amides is 1. The molecule has 170 valence electrons. The van der Waals surface area contributed by atoms with E-state index in [-0.39, 0.29) is 23.5 Å². The van der Waals surface area contributed by atoms with Crippen molar-refractivity contribution in [3.05, 3.63) is 35.0 Å². The zero-order valence-electron chi connectivity index (χ0n) is 18.1. The summed E-state index contributed by atoms with van der Waals surface area (Å²) >= 11 is 1.50. The maximum atomic E-state index is 13.1. The van der Waals surface area contributed by atoms with E-state index in [4.69, 9.17) is 16.2 Å². The molecule has 1 fully saturated rings. The van der Waals surface area contributed by atoms with Gasteiger partial charge >= 0.3 is 6.09 Å². The summed E-state index contributed by atoms with van der Waals surface area (Å²) in [5.74, 6) is 0.252. The van der Waals surface area contributed by atoms with Crippen molar-refractivity contribution in [2.45, 2.75) is 75.5 Å². The highest BCUT2D eigenvalue weighted by Crippen LogP contribution is 2.40. The Bertz CT molecular complexity index is 1040. The molecule has 31 heavy (non-hydrogen) atoms. The molecule has 1 saturated carbocycles. The van der Waals surface area contributed by atoms with Crippen molar-refractivity contribution in [1.29, 1.82) is 0 Å². The molecule has 0 aliphatic heterocycles. The van der Waals surface area contributed by atoms with Gasteiger partial charge in [-0.1, -0.05) is 12.1 Å². The Morgan fingerprint density at radius 2 is 1.94 bits per heavy atom. The molecule has 10 heteroatoms. The number of hydrogen-bond acceptors (Lipinski definition) is 7. The number of carbonyl (C=O) groups excluding carboxylic acids is 1. The van der Waals surface area contributed by atoms with Crippen LogP contribution in [0.2, 0.25) is 0 Å².